The number of nitrogens with zero attached hydrogens (tertiary/aromatic N) is 5. The minimum Gasteiger partial charge on any atom is -0.309 e. The molecule has 2 aromatic rings. The molecular formula is C12H16F3N5. The Kier molecular flexibility index (Phi) is 2.82. The van der Waals surface area contributed by atoms with E-state index in [2.05, 4.69) is 28.8 Å². The summed E-state index contributed by atoms with van der Waals surface area (Å²) in [7, 11) is 1.31. The van der Waals surface area contributed by atoms with Crippen LogP contribution in [-0.2, 0) is 26.3 Å². The SMILES string of the molecule is CC(C)N1CCn2c(nc3c(C(F)(F)F)n(C)nc32)C1. The van der Waals surface area contributed by atoms with Crippen molar-refractivity contribution in [2.75, 3.05) is 6.54 Å². The van der Waals surface area contributed by atoms with Gasteiger partial charge in [0.05, 0.1) is 6.54 Å². The summed E-state index contributed by atoms with van der Waals surface area (Å²) < 4.78 is 41.9. The molecule has 8 heteroatoms. The molecule has 0 atom stereocenters. The highest BCUT2D eigenvalue weighted by Crippen LogP contribution is 2.35. The molecule has 0 radical (unpaired) electrons. The monoisotopic (exact) mass is 287 g/mol. The van der Waals surface area contributed by atoms with Crippen LogP contribution in [0.2, 0.25) is 0 Å². The molecule has 0 N–H and O–H groups in total. The van der Waals surface area contributed by atoms with Crippen LogP contribution >= 0.6 is 0 Å². The highest BCUT2D eigenvalue weighted by molar-refractivity contribution is 5.75. The standard InChI is InChI=1S/C12H16F3N5/c1-7(2)19-4-5-20-8(6-19)16-9-10(12(13,14)15)18(3)17-11(9)20/h7H,4-6H2,1-3H3. The van der Waals surface area contributed by atoms with Crippen LogP contribution in [0.3, 0.4) is 0 Å². The topological polar surface area (TPSA) is 38.9 Å². The first kappa shape index (κ1) is 13.4. The molecule has 5 nitrogen and oxygen atoms in total. The Morgan fingerprint density at radius 2 is 1.90 bits per heavy atom. The molecule has 0 saturated heterocycles. The Bertz CT molecular complexity index is 652. The lowest BCUT2D eigenvalue weighted by molar-refractivity contribution is -0.142. The Morgan fingerprint density at radius 3 is 2.50 bits per heavy atom. The number of fused-ring (bicyclic) bond motifs is 3. The molecule has 0 unspecified atom stereocenters. The lowest BCUT2D eigenvalue weighted by Crippen LogP contribution is -2.38. The molecule has 0 aromatic carbocycles. The molecule has 20 heavy (non-hydrogen) atoms. The molecule has 0 spiro atoms. The molecule has 110 valence electrons. The van der Waals surface area contributed by atoms with Crippen molar-refractivity contribution >= 4 is 11.2 Å². The summed E-state index contributed by atoms with van der Waals surface area (Å²) in [6.07, 6.45) is -4.44. The smallest absolute Gasteiger partial charge is 0.309 e. The molecule has 0 aliphatic carbocycles. The van der Waals surface area contributed by atoms with E-state index in [1.54, 1.807) is 4.57 Å². The van der Waals surface area contributed by atoms with Crippen LogP contribution in [0.1, 0.15) is 25.4 Å². The van der Waals surface area contributed by atoms with Crippen molar-refractivity contribution in [1.29, 1.82) is 0 Å². The Balaban J connectivity index is 2.12. The van der Waals surface area contributed by atoms with Crippen LogP contribution in [-0.4, -0.2) is 36.8 Å². The fourth-order valence-corrected chi connectivity index (χ4v) is 2.70. The first-order valence-corrected chi connectivity index (χ1v) is 6.52. The molecule has 0 saturated carbocycles. The predicted octanol–water partition coefficient (Wildman–Crippen LogP) is 2.01. The Labute approximate surface area is 114 Å². The summed E-state index contributed by atoms with van der Waals surface area (Å²) in [5, 5.41) is 4.00. The summed E-state index contributed by atoms with van der Waals surface area (Å²) in [4.78, 5) is 6.38. The third-order valence-corrected chi connectivity index (χ3v) is 3.77. The van der Waals surface area contributed by atoms with Gasteiger partial charge in [-0.15, -0.1) is 0 Å². The zero-order valence-corrected chi connectivity index (χ0v) is 11.6. The number of rotatable bonds is 1. The van der Waals surface area contributed by atoms with Gasteiger partial charge in [0.25, 0.3) is 0 Å². The lowest BCUT2D eigenvalue weighted by atomic mass is 10.2. The summed E-state index contributed by atoms with van der Waals surface area (Å²) >= 11 is 0. The average Bonchev–Trinajstić information content (AvgIpc) is 2.80. The number of hydrogen-bond donors (Lipinski definition) is 0. The van der Waals surface area contributed by atoms with Crippen LogP contribution in [0.15, 0.2) is 0 Å². The maximum absolute atomic E-state index is 13.1. The van der Waals surface area contributed by atoms with Gasteiger partial charge in [0.15, 0.2) is 11.3 Å². The molecule has 0 fully saturated rings. The van der Waals surface area contributed by atoms with Crippen LogP contribution < -0.4 is 0 Å². The molecule has 1 aliphatic rings. The fraction of sp³-hybridized carbons (Fsp3) is 0.667. The lowest BCUT2D eigenvalue weighted by Gasteiger charge is -2.30. The number of aromatic nitrogens is 4. The van der Waals surface area contributed by atoms with E-state index in [0.29, 0.717) is 30.6 Å². The maximum atomic E-state index is 13.1. The second-order valence-corrected chi connectivity index (χ2v) is 5.39. The van der Waals surface area contributed by atoms with Crippen LogP contribution in [0.25, 0.3) is 11.2 Å². The van der Waals surface area contributed by atoms with Gasteiger partial charge in [-0.25, -0.2) is 4.98 Å². The zero-order chi connectivity index (χ0) is 14.7. The third kappa shape index (κ3) is 1.90. The van der Waals surface area contributed by atoms with Gasteiger partial charge >= 0.3 is 6.18 Å². The highest BCUT2D eigenvalue weighted by atomic mass is 19.4. The van der Waals surface area contributed by atoms with Crippen molar-refractivity contribution in [3.05, 3.63) is 11.5 Å². The van der Waals surface area contributed by atoms with Crippen LogP contribution in [0.4, 0.5) is 13.2 Å². The van der Waals surface area contributed by atoms with E-state index in [4.69, 9.17) is 0 Å². The molecule has 3 heterocycles. The van der Waals surface area contributed by atoms with E-state index in [9.17, 15) is 13.2 Å². The van der Waals surface area contributed by atoms with Gasteiger partial charge in [-0.1, -0.05) is 0 Å². The largest absolute Gasteiger partial charge is 0.435 e. The average molecular weight is 287 g/mol. The first-order chi connectivity index (χ1) is 9.29. The van der Waals surface area contributed by atoms with Crippen molar-refractivity contribution in [3.8, 4) is 0 Å². The van der Waals surface area contributed by atoms with E-state index in [0.717, 1.165) is 11.2 Å². The van der Waals surface area contributed by atoms with Crippen LogP contribution in [0, 0.1) is 0 Å². The van der Waals surface area contributed by atoms with Crippen molar-refractivity contribution in [2.24, 2.45) is 7.05 Å². The van der Waals surface area contributed by atoms with Gasteiger partial charge in [-0.2, -0.15) is 18.3 Å². The Morgan fingerprint density at radius 1 is 1.20 bits per heavy atom. The number of halogens is 3. The van der Waals surface area contributed by atoms with Gasteiger partial charge in [0, 0.05) is 26.2 Å². The molecule has 1 aliphatic heterocycles. The summed E-state index contributed by atoms with van der Waals surface area (Å²) in [6, 6.07) is 0.348. The minimum absolute atomic E-state index is 0.0411. The molecule has 2 aromatic heterocycles. The molecule has 0 amide bonds. The number of alkyl halides is 3. The van der Waals surface area contributed by atoms with Crippen LogP contribution in [0.5, 0.6) is 0 Å². The van der Waals surface area contributed by atoms with Gasteiger partial charge < -0.3 is 4.57 Å². The van der Waals surface area contributed by atoms with Gasteiger partial charge in [0.2, 0.25) is 0 Å². The van der Waals surface area contributed by atoms with E-state index in [1.807, 2.05) is 0 Å². The number of aryl methyl sites for hydroxylation is 1. The minimum atomic E-state index is -4.44. The van der Waals surface area contributed by atoms with Gasteiger partial charge in [-0.3, -0.25) is 9.58 Å². The summed E-state index contributed by atoms with van der Waals surface area (Å²) in [5.41, 5.74) is -0.482. The van der Waals surface area contributed by atoms with E-state index in [1.165, 1.54) is 7.05 Å². The number of hydrogen-bond acceptors (Lipinski definition) is 3. The predicted molar refractivity (Wildman–Crippen MR) is 67.0 cm³/mol. The Hall–Kier alpha value is -1.57. The third-order valence-electron chi connectivity index (χ3n) is 3.77. The molecule has 3 rings (SSSR count). The summed E-state index contributed by atoms with van der Waals surface area (Å²) in [6.45, 7) is 6.12. The van der Waals surface area contributed by atoms with E-state index >= 15 is 0 Å². The molecular weight excluding hydrogens is 271 g/mol. The van der Waals surface area contributed by atoms with Crippen molar-refractivity contribution in [3.63, 3.8) is 0 Å². The summed E-state index contributed by atoms with van der Waals surface area (Å²) in [5.74, 6) is 0.661. The van der Waals surface area contributed by atoms with Crippen molar-refractivity contribution in [2.45, 2.75) is 39.2 Å². The maximum Gasteiger partial charge on any atom is 0.435 e. The van der Waals surface area contributed by atoms with E-state index < -0.39 is 11.9 Å². The van der Waals surface area contributed by atoms with Gasteiger partial charge in [0.1, 0.15) is 11.3 Å². The first-order valence-electron chi connectivity index (χ1n) is 6.52. The normalized spacial score (nSPS) is 17.1. The second-order valence-electron chi connectivity index (χ2n) is 5.39. The van der Waals surface area contributed by atoms with Crippen molar-refractivity contribution in [1.82, 2.24) is 24.2 Å². The second kappa shape index (κ2) is 4.21. The number of imidazole rings is 1. The zero-order valence-electron chi connectivity index (χ0n) is 11.6. The molecule has 0 bridgehead atoms. The fourth-order valence-electron chi connectivity index (χ4n) is 2.70. The van der Waals surface area contributed by atoms with Crippen molar-refractivity contribution < 1.29 is 13.2 Å². The van der Waals surface area contributed by atoms with Gasteiger partial charge in [-0.05, 0) is 13.8 Å². The highest BCUT2D eigenvalue weighted by Gasteiger charge is 2.39. The quantitative estimate of drug-likeness (QED) is 0.805. The van der Waals surface area contributed by atoms with E-state index in [-0.39, 0.29) is 5.52 Å².